The van der Waals surface area contributed by atoms with E-state index < -0.39 is 9.84 Å². The van der Waals surface area contributed by atoms with Gasteiger partial charge in [0.05, 0.1) is 28.3 Å². The molecule has 1 amide bonds. The predicted molar refractivity (Wildman–Crippen MR) is 86.3 cm³/mol. The number of carbonyl (C=O) groups is 1. The largest absolute Gasteiger partial charge is 0.337 e. The Morgan fingerprint density at radius 2 is 2.04 bits per heavy atom. The van der Waals surface area contributed by atoms with E-state index in [0.29, 0.717) is 25.1 Å². The summed E-state index contributed by atoms with van der Waals surface area (Å²) in [6, 6.07) is 3.88. The summed E-state index contributed by atoms with van der Waals surface area (Å²) >= 11 is 0. The van der Waals surface area contributed by atoms with E-state index >= 15 is 0 Å². The topological polar surface area (TPSA) is 71.8 Å². The molecular weight excluding hydrogens is 314 g/mol. The van der Waals surface area contributed by atoms with Gasteiger partial charge in [-0.25, -0.2) is 12.9 Å². The maximum Gasteiger partial charge on any atom is 0.257 e. The molecule has 0 radical (unpaired) electrons. The average Bonchev–Trinajstić information content (AvgIpc) is 3.18. The number of hydrogen-bond acceptors (Lipinski definition) is 4. The first-order chi connectivity index (χ1) is 10.9. The normalized spacial score (nSPS) is 25.9. The number of nitrogens with zero attached hydrogens (tertiary/aromatic N) is 3. The monoisotopic (exact) mass is 333 g/mol. The maximum absolute atomic E-state index is 12.8. The Kier molecular flexibility index (Phi) is 3.07. The molecule has 2 aliphatic rings. The van der Waals surface area contributed by atoms with Crippen molar-refractivity contribution in [2.75, 3.05) is 18.8 Å². The Labute approximate surface area is 135 Å². The number of aromatic nitrogens is 2. The number of sulfone groups is 1. The summed E-state index contributed by atoms with van der Waals surface area (Å²) in [5, 5.41) is 3.95. The van der Waals surface area contributed by atoms with E-state index in [1.807, 2.05) is 26.0 Å². The minimum Gasteiger partial charge on any atom is -0.337 e. The molecule has 7 heteroatoms. The molecule has 0 aliphatic carbocycles. The van der Waals surface area contributed by atoms with Gasteiger partial charge in [-0.3, -0.25) is 4.79 Å². The van der Waals surface area contributed by atoms with E-state index in [0.717, 1.165) is 16.8 Å². The van der Waals surface area contributed by atoms with Gasteiger partial charge in [-0.05, 0) is 37.8 Å². The highest BCUT2D eigenvalue weighted by molar-refractivity contribution is 7.92. The highest BCUT2D eigenvalue weighted by Gasteiger charge is 2.47. The molecule has 0 saturated carbocycles. The quantitative estimate of drug-likeness (QED) is 0.786. The molecule has 0 unspecified atom stereocenters. The lowest BCUT2D eigenvalue weighted by Crippen LogP contribution is -2.32. The molecule has 0 aromatic carbocycles. The van der Waals surface area contributed by atoms with Gasteiger partial charge in [0.25, 0.3) is 5.91 Å². The zero-order valence-corrected chi connectivity index (χ0v) is 14.0. The molecule has 2 aromatic heterocycles. The average molecular weight is 333 g/mol. The number of fused-ring (bicyclic) bond motifs is 2. The Balaban J connectivity index is 1.68. The van der Waals surface area contributed by atoms with Crippen molar-refractivity contribution in [3.8, 4) is 0 Å². The number of hydrogen-bond donors (Lipinski definition) is 0. The molecule has 122 valence electrons. The molecule has 2 aliphatic heterocycles. The minimum atomic E-state index is -3.03. The van der Waals surface area contributed by atoms with Gasteiger partial charge in [-0.1, -0.05) is 6.07 Å². The summed E-state index contributed by atoms with van der Waals surface area (Å²) in [4.78, 5) is 14.5. The van der Waals surface area contributed by atoms with Crippen LogP contribution in [0, 0.1) is 19.8 Å². The first kappa shape index (κ1) is 14.7. The lowest BCUT2D eigenvalue weighted by molar-refractivity contribution is 0.0788. The van der Waals surface area contributed by atoms with E-state index in [4.69, 9.17) is 0 Å². The zero-order chi connectivity index (χ0) is 16.4. The number of rotatable bonds is 1. The molecule has 2 saturated heterocycles. The van der Waals surface area contributed by atoms with E-state index in [1.165, 1.54) is 0 Å². The fourth-order valence-corrected chi connectivity index (χ4v) is 5.92. The second-order valence-corrected chi connectivity index (χ2v) is 8.96. The third-order valence-corrected chi connectivity index (χ3v) is 7.58. The number of amides is 1. The van der Waals surface area contributed by atoms with Crippen LogP contribution in [0.4, 0.5) is 0 Å². The van der Waals surface area contributed by atoms with Crippen LogP contribution in [-0.2, 0) is 9.84 Å². The van der Waals surface area contributed by atoms with Gasteiger partial charge in [0.2, 0.25) is 0 Å². The summed E-state index contributed by atoms with van der Waals surface area (Å²) in [5.74, 6) is 0.238. The van der Waals surface area contributed by atoms with Crippen LogP contribution >= 0.6 is 0 Å². The maximum atomic E-state index is 12.8. The van der Waals surface area contributed by atoms with Crippen molar-refractivity contribution in [3.63, 3.8) is 0 Å². The van der Waals surface area contributed by atoms with Crippen LogP contribution in [-0.4, -0.2) is 52.9 Å². The van der Waals surface area contributed by atoms with E-state index in [2.05, 4.69) is 5.10 Å². The van der Waals surface area contributed by atoms with Gasteiger partial charge >= 0.3 is 0 Å². The fourth-order valence-electron chi connectivity index (χ4n) is 3.77. The molecule has 4 rings (SSSR count). The molecular formula is C16H19N3O3S. The van der Waals surface area contributed by atoms with Crippen LogP contribution in [0.5, 0.6) is 0 Å². The van der Waals surface area contributed by atoms with E-state index in [-0.39, 0.29) is 22.8 Å². The van der Waals surface area contributed by atoms with Crippen LogP contribution in [0.2, 0.25) is 0 Å². The highest BCUT2D eigenvalue weighted by atomic mass is 32.2. The van der Waals surface area contributed by atoms with Crippen LogP contribution in [0.1, 0.15) is 28.0 Å². The van der Waals surface area contributed by atoms with Gasteiger partial charge in [-0.15, -0.1) is 0 Å². The molecule has 0 spiro atoms. The molecule has 0 bridgehead atoms. The Morgan fingerprint density at radius 1 is 1.26 bits per heavy atom. The van der Waals surface area contributed by atoms with E-state index in [1.54, 1.807) is 15.6 Å². The van der Waals surface area contributed by atoms with Crippen LogP contribution in [0.3, 0.4) is 0 Å². The van der Waals surface area contributed by atoms with Crippen molar-refractivity contribution in [1.82, 2.24) is 14.5 Å². The predicted octanol–water partition coefficient (Wildman–Crippen LogP) is 1.21. The van der Waals surface area contributed by atoms with Crippen molar-refractivity contribution in [1.29, 1.82) is 0 Å². The number of aryl methyl sites for hydroxylation is 2. The SMILES string of the molecule is Cc1ccc2c(C(=O)N3C[C@@H]4CCS(=O)(=O)[C@@H]4C3)cnn2c1C. The summed E-state index contributed by atoms with van der Waals surface area (Å²) in [7, 11) is -3.03. The minimum absolute atomic E-state index is 0.0924. The second-order valence-electron chi connectivity index (χ2n) is 6.62. The van der Waals surface area contributed by atoms with E-state index in [9.17, 15) is 13.2 Å². The molecule has 2 atom stereocenters. The van der Waals surface area contributed by atoms with Gasteiger partial charge in [-0.2, -0.15) is 5.10 Å². The van der Waals surface area contributed by atoms with Crippen molar-refractivity contribution < 1.29 is 13.2 Å². The Morgan fingerprint density at radius 3 is 2.78 bits per heavy atom. The lowest BCUT2D eigenvalue weighted by atomic mass is 10.1. The molecule has 2 fully saturated rings. The van der Waals surface area contributed by atoms with Crippen LogP contribution < -0.4 is 0 Å². The summed E-state index contributed by atoms with van der Waals surface area (Å²) in [5.41, 5.74) is 3.44. The smallest absolute Gasteiger partial charge is 0.257 e. The first-order valence-electron chi connectivity index (χ1n) is 7.83. The van der Waals surface area contributed by atoms with Crippen LogP contribution in [0.25, 0.3) is 5.52 Å². The molecule has 6 nitrogen and oxygen atoms in total. The summed E-state index contributed by atoms with van der Waals surface area (Å²) in [6.07, 6.45) is 2.26. The standard InChI is InChI=1S/C16H19N3O3S/c1-10-3-4-14-13(7-17-19(14)11(10)2)16(20)18-8-12-5-6-23(21,22)15(12)9-18/h3-4,7,12,15H,5-6,8-9H2,1-2H3/t12-,15+/m0/s1. The molecule has 23 heavy (non-hydrogen) atoms. The Bertz CT molecular complexity index is 916. The molecule has 4 heterocycles. The number of likely N-dealkylation sites (tertiary alicyclic amines) is 1. The third-order valence-electron chi connectivity index (χ3n) is 5.32. The first-order valence-corrected chi connectivity index (χ1v) is 9.55. The van der Waals surface area contributed by atoms with Crippen molar-refractivity contribution in [2.45, 2.75) is 25.5 Å². The van der Waals surface area contributed by atoms with Crippen molar-refractivity contribution >= 4 is 21.3 Å². The van der Waals surface area contributed by atoms with Crippen LogP contribution in [0.15, 0.2) is 18.3 Å². The van der Waals surface area contributed by atoms with Gasteiger partial charge in [0.15, 0.2) is 9.84 Å². The molecule has 2 aromatic rings. The second kappa shape index (κ2) is 4.80. The number of carbonyl (C=O) groups excluding carboxylic acids is 1. The molecule has 0 N–H and O–H groups in total. The fraction of sp³-hybridized carbons (Fsp3) is 0.500. The number of pyridine rings is 1. The lowest BCUT2D eigenvalue weighted by Gasteiger charge is -2.16. The summed E-state index contributed by atoms with van der Waals surface area (Å²) in [6.45, 7) is 4.82. The van der Waals surface area contributed by atoms with Gasteiger partial charge in [0, 0.05) is 18.8 Å². The van der Waals surface area contributed by atoms with Gasteiger partial charge < -0.3 is 4.90 Å². The Hall–Kier alpha value is -1.89. The highest BCUT2D eigenvalue weighted by Crippen LogP contribution is 2.34. The zero-order valence-electron chi connectivity index (χ0n) is 13.2. The van der Waals surface area contributed by atoms with Gasteiger partial charge in [0.1, 0.15) is 0 Å². The van der Waals surface area contributed by atoms with Crippen molar-refractivity contribution in [2.24, 2.45) is 5.92 Å². The summed E-state index contributed by atoms with van der Waals surface area (Å²) < 4.78 is 25.8. The third kappa shape index (κ3) is 2.09. The van der Waals surface area contributed by atoms with Crippen molar-refractivity contribution in [3.05, 3.63) is 35.2 Å².